The summed E-state index contributed by atoms with van der Waals surface area (Å²) in [5.74, 6) is 0.0847. The molecule has 0 radical (unpaired) electrons. The third kappa shape index (κ3) is 5.74. The maximum atomic E-state index is 11.3. The van der Waals surface area contributed by atoms with Gasteiger partial charge in [-0.25, -0.2) is 0 Å². The lowest BCUT2D eigenvalue weighted by molar-refractivity contribution is -0.120. The molecule has 4 heteroatoms. The van der Waals surface area contributed by atoms with Gasteiger partial charge in [0, 0.05) is 13.2 Å². The van der Waals surface area contributed by atoms with Crippen LogP contribution in [0.5, 0.6) is 0 Å². The quantitative estimate of drug-likeness (QED) is 0.612. The summed E-state index contributed by atoms with van der Waals surface area (Å²) in [6.07, 6.45) is 4.68. The molecule has 2 N–H and O–H groups in total. The predicted octanol–water partition coefficient (Wildman–Crippen LogP) is 0.671. The first-order valence-electron chi connectivity index (χ1n) is 5.92. The van der Waals surface area contributed by atoms with Gasteiger partial charge in [0.15, 0.2) is 0 Å². The van der Waals surface area contributed by atoms with Crippen molar-refractivity contribution in [1.29, 1.82) is 0 Å². The van der Waals surface area contributed by atoms with Crippen LogP contribution in [0.15, 0.2) is 0 Å². The first-order chi connectivity index (χ1) is 7.33. The van der Waals surface area contributed by atoms with Gasteiger partial charge in [-0.2, -0.15) is 0 Å². The molecule has 0 aromatic rings. The molecule has 1 rings (SSSR count). The van der Waals surface area contributed by atoms with Crippen LogP contribution < -0.4 is 10.6 Å². The average molecular weight is 214 g/mol. The monoisotopic (exact) mass is 214 g/mol. The smallest absolute Gasteiger partial charge is 0.233 e. The molecule has 1 aliphatic heterocycles. The molecule has 1 atom stereocenters. The molecule has 88 valence electrons. The molecule has 0 aromatic heterocycles. The molecule has 1 aliphatic rings. The minimum absolute atomic E-state index is 0.0847. The zero-order valence-electron chi connectivity index (χ0n) is 9.55. The fraction of sp³-hybridized carbons (Fsp3) is 0.909. The van der Waals surface area contributed by atoms with Gasteiger partial charge in [-0.1, -0.05) is 6.92 Å². The van der Waals surface area contributed by atoms with E-state index in [1.165, 1.54) is 0 Å². The largest absolute Gasteiger partial charge is 0.378 e. The Balaban J connectivity index is 1.91. The molecule has 1 saturated heterocycles. The molecule has 0 aliphatic carbocycles. The minimum atomic E-state index is 0.0847. The zero-order valence-corrected chi connectivity index (χ0v) is 9.55. The summed E-state index contributed by atoms with van der Waals surface area (Å²) < 4.78 is 5.47. The van der Waals surface area contributed by atoms with Crippen LogP contribution in [0, 0.1) is 0 Å². The van der Waals surface area contributed by atoms with Gasteiger partial charge < -0.3 is 15.4 Å². The van der Waals surface area contributed by atoms with Crippen LogP contribution in [0.3, 0.4) is 0 Å². The molecule has 15 heavy (non-hydrogen) atoms. The van der Waals surface area contributed by atoms with E-state index in [0.29, 0.717) is 12.6 Å². The van der Waals surface area contributed by atoms with Gasteiger partial charge in [0.25, 0.3) is 0 Å². The van der Waals surface area contributed by atoms with Crippen LogP contribution in [0.25, 0.3) is 0 Å². The van der Waals surface area contributed by atoms with Crippen LogP contribution in [-0.2, 0) is 9.53 Å². The number of nitrogens with one attached hydrogen (secondary N) is 2. The maximum absolute atomic E-state index is 11.3. The lowest BCUT2D eigenvalue weighted by atomic mass is 10.2. The fourth-order valence-corrected chi connectivity index (χ4v) is 1.69. The lowest BCUT2D eigenvalue weighted by Gasteiger charge is -2.10. The molecular weight excluding hydrogens is 192 g/mol. The van der Waals surface area contributed by atoms with E-state index in [0.717, 1.165) is 45.4 Å². The molecule has 1 fully saturated rings. The summed E-state index contributed by atoms with van der Waals surface area (Å²) in [5.41, 5.74) is 0. The Hall–Kier alpha value is -0.610. The normalized spacial score (nSPS) is 20.5. The van der Waals surface area contributed by atoms with Crippen molar-refractivity contribution < 1.29 is 9.53 Å². The number of rotatable bonds is 7. The topological polar surface area (TPSA) is 50.4 Å². The van der Waals surface area contributed by atoms with E-state index in [-0.39, 0.29) is 5.91 Å². The molecule has 0 bridgehead atoms. The maximum Gasteiger partial charge on any atom is 0.233 e. The summed E-state index contributed by atoms with van der Waals surface area (Å²) in [4.78, 5) is 11.3. The molecule has 0 saturated carbocycles. The average Bonchev–Trinajstić information content (AvgIpc) is 2.71. The van der Waals surface area contributed by atoms with Gasteiger partial charge in [0.2, 0.25) is 5.91 Å². The Labute approximate surface area is 91.8 Å². The summed E-state index contributed by atoms with van der Waals surface area (Å²) in [6.45, 7) is 5.04. The lowest BCUT2D eigenvalue weighted by Crippen LogP contribution is -2.35. The molecule has 1 unspecified atom stereocenters. The van der Waals surface area contributed by atoms with Gasteiger partial charge in [0.05, 0.1) is 12.6 Å². The van der Waals surface area contributed by atoms with E-state index in [9.17, 15) is 4.79 Å². The summed E-state index contributed by atoms with van der Waals surface area (Å²) in [6, 6.07) is 0. The van der Waals surface area contributed by atoms with Crippen molar-refractivity contribution in [3.8, 4) is 0 Å². The van der Waals surface area contributed by atoms with Gasteiger partial charge >= 0.3 is 0 Å². The Kier molecular flexibility index (Phi) is 6.36. The third-order valence-corrected chi connectivity index (χ3v) is 2.52. The van der Waals surface area contributed by atoms with Crippen LogP contribution >= 0.6 is 0 Å². The molecule has 4 nitrogen and oxygen atoms in total. The minimum Gasteiger partial charge on any atom is -0.378 e. The first kappa shape index (κ1) is 12.5. The van der Waals surface area contributed by atoms with Crippen molar-refractivity contribution in [1.82, 2.24) is 10.6 Å². The number of carbonyl (C=O) groups is 1. The van der Waals surface area contributed by atoms with Gasteiger partial charge in [-0.15, -0.1) is 0 Å². The molecule has 0 spiro atoms. The van der Waals surface area contributed by atoms with Gasteiger partial charge in [-0.3, -0.25) is 4.79 Å². The Bertz CT molecular complexity index is 179. The Morgan fingerprint density at radius 2 is 2.33 bits per heavy atom. The van der Waals surface area contributed by atoms with E-state index in [4.69, 9.17) is 4.74 Å². The van der Waals surface area contributed by atoms with Crippen molar-refractivity contribution in [2.75, 3.05) is 26.2 Å². The Morgan fingerprint density at radius 3 is 3.00 bits per heavy atom. The number of hydrogen-bond acceptors (Lipinski definition) is 3. The summed E-state index contributed by atoms with van der Waals surface area (Å²) in [5, 5.41) is 5.96. The number of carbonyl (C=O) groups excluding carboxylic acids is 1. The molecule has 1 amide bonds. The highest BCUT2D eigenvalue weighted by Crippen LogP contribution is 2.14. The molecule has 0 aromatic carbocycles. The van der Waals surface area contributed by atoms with E-state index in [2.05, 4.69) is 17.6 Å². The second-order valence-electron chi connectivity index (χ2n) is 3.95. The van der Waals surface area contributed by atoms with Crippen LogP contribution in [0.4, 0.5) is 0 Å². The van der Waals surface area contributed by atoms with Crippen LogP contribution in [0.2, 0.25) is 0 Å². The second kappa shape index (κ2) is 7.65. The van der Waals surface area contributed by atoms with Crippen molar-refractivity contribution >= 4 is 5.91 Å². The van der Waals surface area contributed by atoms with Crippen molar-refractivity contribution in [2.45, 2.75) is 38.7 Å². The number of hydrogen-bond donors (Lipinski definition) is 2. The van der Waals surface area contributed by atoms with Gasteiger partial charge in [0.1, 0.15) is 0 Å². The zero-order chi connectivity index (χ0) is 10.9. The molecule has 1 heterocycles. The van der Waals surface area contributed by atoms with Crippen LogP contribution in [0.1, 0.15) is 32.6 Å². The highest BCUT2D eigenvalue weighted by Gasteiger charge is 2.14. The summed E-state index contributed by atoms with van der Waals surface area (Å²) >= 11 is 0. The standard InChI is InChI=1S/C11H22N2O2/c1-2-6-12-9-11(14)13-7-5-10-4-3-8-15-10/h10,12H,2-9H2,1H3,(H,13,14). The second-order valence-corrected chi connectivity index (χ2v) is 3.95. The van der Waals surface area contributed by atoms with Gasteiger partial charge in [-0.05, 0) is 32.2 Å². The van der Waals surface area contributed by atoms with E-state index >= 15 is 0 Å². The Morgan fingerprint density at radius 1 is 1.47 bits per heavy atom. The van der Waals surface area contributed by atoms with E-state index < -0.39 is 0 Å². The number of amides is 1. The number of ether oxygens (including phenoxy) is 1. The van der Waals surface area contributed by atoms with Crippen LogP contribution in [-0.4, -0.2) is 38.3 Å². The fourth-order valence-electron chi connectivity index (χ4n) is 1.69. The van der Waals surface area contributed by atoms with Crippen molar-refractivity contribution in [3.05, 3.63) is 0 Å². The SMILES string of the molecule is CCCNCC(=O)NCCC1CCCO1. The van der Waals surface area contributed by atoms with Crippen molar-refractivity contribution in [2.24, 2.45) is 0 Å². The van der Waals surface area contributed by atoms with Crippen molar-refractivity contribution in [3.63, 3.8) is 0 Å². The third-order valence-electron chi connectivity index (χ3n) is 2.52. The first-order valence-corrected chi connectivity index (χ1v) is 5.92. The molecular formula is C11H22N2O2. The predicted molar refractivity (Wildman–Crippen MR) is 59.8 cm³/mol. The van der Waals surface area contributed by atoms with E-state index in [1.807, 2.05) is 0 Å². The highest BCUT2D eigenvalue weighted by atomic mass is 16.5. The van der Waals surface area contributed by atoms with E-state index in [1.54, 1.807) is 0 Å². The summed E-state index contributed by atoms with van der Waals surface area (Å²) in [7, 11) is 0. The highest BCUT2D eigenvalue weighted by molar-refractivity contribution is 5.77.